The molecule has 1 saturated heterocycles. The number of amides is 3. The number of nitrogens with zero attached hydrogens (tertiary/aromatic N) is 4. The SMILES string of the molecule is Cc1nnc(SCC(=O)NCCN2C(=O)S/C(=C\c3ccccc3F)C2=O)n1-c1ccccc1. The number of thioether (sulfide) groups is 2. The Bertz CT molecular complexity index is 1260. The first-order chi connectivity index (χ1) is 16.4. The van der Waals surface area contributed by atoms with E-state index in [2.05, 4.69) is 15.5 Å². The van der Waals surface area contributed by atoms with E-state index < -0.39 is 17.0 Å². The van der Waals surface area contributed by atoms with Crippen LogP contribution in [0.4, 0.5) is 9.18 Å². The third kappa shape index (κ3) is 5.37. The predicted octanol–water partition coefficient (Wildman–Crippen LogP) is 3.66. The van der Waals surface area contributed by atoms with Crippen LogP contribution in [-0.4, -0.2) is 55.6 Å². The summed E-state index contributed by atoms with van der Waals surface area (Å²) in [5.41, 5.74) is 1.13. The summed E-state index contributed by atoms with van der Waals surface area (Å²) in [7, 11) is 0. The van der Waals surface area contributed by atoms with Crippen LogP contribution in [0.5, 0.6) is 0 Å². The number of carbonyl (C=O) groups is 3. The van der Waals surface area contributed by atoms with E-state index >= 15 is 0 Å². The number of hydrogen-bond donors (Lipinski definition) is 1. The molecule has 0 spiro atoms. The molecular formula is C23H20FN5O3S2. The normalized spacial score (nSPS) is 14.8. The third-order valence-electron chi connectivity index (χ3n) is 4.86. The van der Waals surface area contributed by atoms with Crippen LogP contribution in [0.15, 0.2) is 64.7 Å². The second-order valence-corrected chi connectivity index (χ2v) is 9.13. The minimum absolute atomic E-state index is 0.0228. The topological polar surface area (TPSA) is 97.2 Å². The molecular weight excluding hydrogens is 477 g/mol. The molecule has 0 radical (unpaired) electrons. The Morgan fingerprint density at radius 3 is 2.62 bits per heavy atom. The summed E-state index contributed by atoms with van der Waals surface area (Å²) >= 11 is 1.99. The van der Waals surface area contributed by atoms with Gasteiger partial charge in [0.25, 0.3) is 11.1 Å². The van der Waals surface area contributed by atoms with Gasteiger partial charge in [0.2, 0.25) is 5.91 Å². The molecule has 3 aromatic rings. The zero-order valence-electron chi connectivity index (χ0n) is 18.1. The molecule has 34 heavy (non-hydrogen) atoms. The highest BCUT2D eigenvalue weighted by molar-refractivity contribution is 8.18. The van der Waals surface area contributed by atoms with Gasteiger partial charge in [0.15, 0.2) is 5.16 Å². The second-order valence-electron chi connectivity index (χ2n) is 7.19. The fourth-order valence-corrected chi connectivity index (χ4v) is 4.91. The molecule has 0 bridgehead atoms. The van der Waals surface area contributed by atoms with Crippen molar-refractivity contribution in [2.45, 2.75) is 12.1 Å². The summed E-state index contributed by atoms with van der Waals surface area (Å²) in [6, 6.07) is 15.6. The number of imide groups is 1. The Kier molecular flexibility index (Phi) is 7.43. The molecule has 1 fully saturated rings. The van der Waals surface area contributed by atoms with Crippen LogP contribution in [0.2, 0.25) is 0 Å². The number of rotatable bonds is 8. The molecule has 174 valence electrons. The van der Waals surface area contributed by atoms with Gasteiger partial charge in [-0.05, 0) is 43.0 Å². The van der Waals surface area contributed by atoms with Gasteiger partial charge in [0.1, 0.15) is 11.6 Å². The van der Waals surface area contributed by atoms with E-state index in [0.717, 1.165) is 22.3 Å². The number of aromatic nitrogens is 3. The molecule has 1 aliphatic heterocycles. The molecule has 1 N–H and O–H groups in total. The van der Waals surface area contributed by atoms with E-state index in [-0.39, 0.29) is 35.2 Å². The standard InChI is InChI=1S/C23H20FN5O3S2/c1-15-26-27-22(29(15)17-8-3-2-4-9-17)33-14-20(30)25-11-12-28-21(31)19(34-23(28)32)13-16-7-5-6-10-18(16)24/h2-10,13H,11-12,14H2,1H3,(H,25,30)/b19-13-. The first-order valence-corrected chi connectivity index (χ1v) is 12.1. The fourth-order valence-electron chi connectivity index (χ4n) is 3.23. The minimum Gasteiger partial charge on any atom is -0.354 e. The number of benzene rings is 2. The number of para-hydroxylation sites is 1. The molecule has 0 saturated carbocycles. The van der Waals surface area contributed by atoms with Gasteiger partial charge in [-0.25, -0.2) is 4.39 Å². The third-order valence-corrected chi connectivity index (χ3v) is 6.70. The summed E-state index contributed by atoms with van der Waals surface area (Å²) in [6.45, 7) is 1.96. The van der Waals surface area contributed by atoms with E-state index in [1.54, 1.807) is 12.1 Å². The fraction of sp³-hybridized carbons (Fsp3) is 0.174. The highest BCUT2D eigenvalue weighted by Crippen LogP contribution is 2.32. The smallest absolute Gasteiger partial charge is 0.293 e. The van der Waals surface area contributed by atoms with Gasteiger partial charge >= 0.3 is 0 Å². The van der Waals surface area contributed by atoms with Crippen LogP contribution in [0.25, 0.3) is 11.8 Å². The Balaban J connectivity index is 1.29. The molecule has 0 aliphatic carbocycles. The van der Waals surface area contributed by atoms with Gasteiger partial charge in [-0.15, -0.1) is 10.2 Å². The van der Waals surface area contributed by atoms with E-state index in [1.165, 1.54) is 30.0 Å². The molecule has 1 aliphatic rings. The highest BCUT2D eigenvalue weighted by Gasteiger charge is 2.34. The van der Waals surface area contributed by atoms with Gasteiger partial charge in [-0.1, -0.05) is 48.2 Å². The van der Waals surface area contributed by atoms with Crippen molar-refractivity contribution in [2.24, 2.45) is 0 Å². The lowest BCUT2D eigenvalue weighted by Gasteiger charge is -2.13. The molecule has 11 heteroatoms. The van der Waals surface area contributed by atoms with E-state index in [4.69, 9.17) is 0 Å². The van der Waals surface area contributed by atoms with Crippen LogP contribution in [0.1, 0.15) is 11.4 Å². The first-order valence-electron chi connectivity index (χ1n) is 10.3. The van der Waals surface area contributed by atoms with Gasteiger partial charge < -0.3 is 5.32 Å². The molecule has 8 nitrogen and oxygen atoms in total. The summed E-state index contributed by atoms with van der Waals surface area (Å²) in [4.78, 5) is 38.3. The number of carbonyl (C=O) groups excluding carboxylic acids is 3. The molecule has 2 aromatic carbocycles. The van der Waals surface area contributed by atoms with E-state index in [9.17, 15) is 18.8 Å². The van der Waals surface area contributed by atoms with E-state index in [0.29, 0.717) is 11.0 Å². The van der Waals surface area contributed by atoms with Gasteiger partial charge in [0, 0.05) is 24.3 Å². The van der Waals surface area contributed by atoms with Crippen LogP contribution >= 0.6 is 23.5 Å². The maximum absolute atomic E-state index is 13.9. The second kappa shape index (κ2) is 10.7. The molecule has 1 aromatic heterocycles. The minimum atomic E-state index is -0.506. The Hall–Kier alpha value is -3.44. The molecule has 2 heterocycles. The van der Waals surface area contributed by atoms with Gasteiger partial charge in [-0.3, -0.25) is 23.9 Å². The van der Waals surface area contributed by atoms with Crippen molar-refractivity contribution in [3.63, 3.8) is 0 Å². The summed E-state index contributed by atoms with van der Waals surface area (Å²) in [6.07, 6.45) is 1.36. The van der Waals surface area contributed by atoms with Crippen LogP contribution in [-0.2, 0) is 9.59 Å². The largest absolute Gasteiger partial charge is 0.354 e. The number of nitrogens with one attached hydrogen (secondary N) is 1. The van der Waals surface area contributed by atoms with Crippen molar-refractivity contribution >= 4 is 46.7 Å². The van der Waals surface area contributed by atoms with Crippen molar-refractivity contribution in [3.05, 3.63) is 76.7 Å². The summed E-state index contributed by atoms with van der Waals surface area (Å²) < 4.78 is 15.7. The quantitative estimate of drug-likeness (QED) is 0.375. The number of halogens is 1. The summed E-state index contributed by atoms with van der Waals surface area (Å²) in [5.74, 6) is -0.443. The lowest BCUT2D eigenvalue weighted by atomic mass is 10.2. The molecule has 3 amide bonds. The number of aryl methyl sites for hydroxylation is 1. The average molecular weight is 498 g/mol. The monoisotopic (exact) mass is 497 g/mol. The van der Waals surface area contributed by atoms with Gasteiger partial charge in [0.05, 0.1) is 10.7 Å². The van der Waals surface area contributed by atoms with Crippen molar-refractivity contribution in [3.8, 4) is 5.69 Å². The number of hydrogen-bond acceptors (Lipinski definition) is 7. The Morgan fingerprint density at radius 2 is 1.85 bits per heavy atom. The zero-order chi connectivity index (χ0) is 24.1. The Morgan fingerprint density at radius 1 is 1.12 bits per heavy atom. The maximum Gasteiger partial charge on any atom is 0.293 e. The van der Waals surface area contributed by atoms with Gasteiger partial charge in [-0.2, -0.15) is 0 Å². The lowest BCUT2D eigenvalue weighted by molar-refractivity contribution is -0.123. The average Bonchev–Trinajstić information content (AvgIpc) is 3.33. The Labute approximate surface area is 203 Å². The van der Waals surface area contributed by atoms with Crippen LogP contribution in [0, 0.1) is 12.7 Å². The van der Waals surface area contributed by atoms with Crippen molar-refractivity contribution in [1.29, 1.82) is 0 Å². The van der Waals surface area contributed by atoms with Crippen LogP contribution < -0.4 is 5.32 Å². The molecule has 0 unspecified atom stereocenters. The van der Waals surface area contributed by atoms with Crippen molar-refractivity contribution in [2.75, 3.05) is 18.8 Å². The van der Waals surface area contributed by atoms with Crippen LogP contribution in [0.3, 0.4) is 0 Å². The van der Waals surface area contributed by atoms with E-state index in [1.807, 2.05) is 41.8 Å². The van der Waals surface area contributed by atoms with Crippen molar-refractivity contribution in [1.82, 2.24) is 25.0 Å². The predicted molar refractivity (Wildman–Crippen MR) is 129 cm³/mol. The highest BCUT2D eigenvalue weighted by atomic mass is 32.2. The first kappa shape index (κ1) is 23.7. The zero-order valence-corrected chi connectivity index (χ0v) is 19.7. The van der Waals surface area contributed by atoms with Crippen molar-refractivity contribution < 1.29 is 18.8 Å². The lowest BCUT2D eigenvalue weighted by Crippen LogP contribution is -2.37. The summed E-state index contributed by atoms with van der Waals surface area (Å²) in [5, 5.41) is 11.1. The molecule has 0 atom stereocenters. The molecule has 4 rings (SSSR count). The maximum atomic E-state index is 13.9.